The van der Waals surface area contributed by atoms with Crippen LogP contribution in [-0.2, 0) is 11.2 Å². The summed E-state index contributed by atoms with van der Waals surface area (Å²) >= 11 is 1.53. The minimum atomic E-state index is -4.81. The first-order valence-corrected chi connectivity index (χ1v) is 11.4. The smallest absolute Gasteiger partial charge is 0.384 e. The first-order valence-electron chi connectivity index (χ1n) is 10.5. The second-order valence-electron chi connectivity index (χ2n) is 8.83. The van der Waals surface area contributed by atoms with E-state index in [-0.39, 0.29) is 23.6 Å². The fraction of sp³-hybridized carbons (Fsp3) is 0.522. The van der Waals surface area contributed by atoms with Crippen molar-refractivity contribution < 1.29 is 28.2 Å². The molecule has 1 atom stereocenters. The number of amides is 1. The van der Waals surface area contributed by atoms with Gasteiger partial charge in [0.1, 0.15) is 0 Å². The van der Waals surface area contributed by atoms with Crippen molar-refractivity contribution in [2.24, 2.45) is 0 Å². The van der Waals surface area contributed by atoms with Crippen molar-refractivity contribution in [3.8, 4) is 0 Å². The minimum absolute atomic E-state index is 0.00167. The Morgan fingerprint density at radius 2 is 1.65 bits per heavy atom. The van der Waals surface area contributed by atoms with Gasteiger partial charge in [-0.1, -0.05) is 18.2 Å². The van der Waals surface area contributed by atoms with Crippen molar-refractivity contribution in [3.05, 3.63) is 57.8 Å². The summed E-state index contributed by atoms with van der Waals surface area (Å²) in [6, 6.07) is 9.05. The monoisotopic (exact) mass is 453 g/mol. The molecule has 1 heterocycles. The van der Waals surface area contributed by atoms with Crippen molar-refractivity contribution in [2.75, 3.05) is 0 Å². The SMILES string of the molecule is C[C@](O)(c1ccc(C(=O)N(C2CC2)[C@H]2CC[C@](O)(c3cccs3)CC2)cc1)C(F)(F)F. The second kappa shape index (κ2) is 7.90. The largest absolute Gasteiger partial charge is 0.421 e. The van der Waals surface area contributed by atoms with Gasteiger partial charge in [0.05, 0.1) is 5.60 Å². The molecule has 1 amide bonds. The molecule has 168 valence electrons. The summed E-state index contributed by atoms with van der Waals surface area (Å²) in [6.45, 7) is 0.705. The van der Waals surface area contributed by atoms with E-state index in [2.05, 4.69) is 0 Å². The van der Waals surface area contributed by atoms with E-state index in [9.17, 15) is 28.2 Å². The van der Waals surface area contributed by atoms with Crippen molar-refractivity contribution >= 4 is 17.2 Å². The molecule has 2 aliphatic carbocycles. The van der Waals surface area contributed by atoms with Gasteiger partial charge in [-0.25, -0.2) is 0 Å². The Labute approximate surface area is 183 Å². The number of aliphatic hydroxyl groups is 2. The number of rotatable bonds is 5. The summed E-state index contributed by atoms with van der Waals surface area (Å²) in [5.41, 5.74) is -3.81. The van der Waals surface area contributed by atoms with Crippen LogP contribution in [0.4, 0.5) is 13.2 Å². The highest BCUT2D eigenvalue weighted by molar-refractivity contribution is 7.10. The molecule has 2 saturated carbocycles. The molecule has 0 bridgehead atoms. The first-order chi connectivity index (χ1) is 14.5. The van der Waals surface area contributed by atoms with Crippen LogP contribution >= 0.6 is 11.3 Å². The highest BCUT2D eigenvalue weighted by atomic mass is 32.1. The van der Waals surface area contributed by atoms with Crippen LogP contribution in [0.2, 0.25) is 0 Å². The van der Waals surface area contributed by atoms with Crippen LogP contribution in [0.25, 0.3) is 0 Å². The summed E-state index contributed by atoms with van der Waals surface area (Å²) in [5.74, 6) is -0.202. The van der Waals surface area contributed by atoms with Gasteiger partial charge in [-0.3, -0.25) is 4.79 Å². The Morgan fingerprint density at radius 1 is 1.06 bits per heavy atom. The molecule has 4 rings (SSSR count). The molecular formula is C23H26F3NO3S. The van der Waals surface area contributed by atoms with Crippen LogP contribution in [0, 0.1) is 0 Å². The van der Waals surface area contributed by atoms with Gasteiger partial charge < -0.3 is 15.1 Å². The lowest BCUT2D eigenvalue weighted by molar-refractivity contribution is -0.258. The summed E-state index contributed by atoms with van der Waals surface area (Å²) in [6.07, 6.45) is -0.476. The van der Waals surface area contributed by atoms with Gasteiger partial charge in [0.25, 0.3) is 5.91 Å². The van der Waals surface area contributed by atoms with Gasteiger partial charge in [0.15, 0.2) is 5.60 Å². The Balaban J connectivity index is 1.49. The number of carbonyl (C=O) groups excluding carboxylic acids is 1. The van der Waals surface area contributed by atoms with E-state index < -0.39 is 17.4 Å². The van der Waals surface area contributed by atoms with Crippen LogP contribution in [-0.4, -0.2) is 39.3 Å². The molecule has 4 nitrogen and oxygen atoms in total. The summed E-state index contributed by atoms with van der Waals surface area (Å²) in [7, 11) is 0. The molecule has 0 aliphatic heterocycles. The third-order valence-electron chi connectivity index (χ3n) is 6.58. The maximum Gasteiger partial charge on any atom is 0.421 e. The molecular weight excluding hydrogens is 427 g/mol. The van der Waals surface area contributed by atoms with Crippen molar-refractivity contribution in [1.29, 1.82) is 0 Å². The average Bonchev–Trinajstić information content (AvgIpc) is 3.39. The highest BCUT2D eigenvalue weighted by Crippen LogP contribution is 2.43. The minimum Gasteiger partial charge on any atom is -0.384 e. The molecule has 2 aromatic rings. The fourth-order valence-electron chi connectivity index (χ4n) is 4.38. The van der Waals surface area contributed by atoms with E-state index in [0.29, 0.717) is 38.2 Å². The molecule has 2 N–H and O–H groups in total. The van der Waals surface area contributed by atoms with Crippen LogP contribution < -0.4 is 0 Å². The topological polar surface area (TPSA) is 60.8 Å². The molecule has 0 saturated heterocycles. The lowest BCUT2D eigenvalue weighted by atomic mass is 9.80. The zero-order chi connectivity index (χ0) is 22.4. The van der Waals surface area contributed by atoms with Crippen molar-refractivity contribution in [1.82, 2.24) is 4.90 Å². The van der Waals surface area contributed by atoms with Crippen LogP contribution in [0.3, 0.4) is 0 Å². The van der Waals surface area contributed by atoms with Crippen LogP contribution in [0.5, 0.6) is 0 Å². The number of nitrogens with zero attached hydrogens (tertiary/aromatic N) is 1. The molecule has 0 spiro atoms. The van der Waals surface area contributed by atoms with Gasteiger partial charge in [-0.2, -0.15) is 13.2 Å². The summed E-state index contributed by atoms with van der Waals surface area (Å²) in [5, 5.41) is 22.8. The summed E-state index contributed by atoms with van der Waals surface area (Å²) in [4.78, 5) is 16.1. The molecule has 2 fully saturated rings. The van der Waals surface area contributed by atoms with E-state index >= 15 is 0 Å². The number of benzene rings is 1. The third kappa shape index (κ3) is 4.25. The van der Waals surface area contributed by atoms with E-state index in [4.69, 9.17) is 0 Å². The van der Waals surface area contributed by atoms with Gasteiger partial charge in [0, 0.05) is 22.5 Å². The van der Waals surface area contributed by atoms with E-state index in [1.807, 2.05) is 22.4 Å². The number of alkyl halides is 3. The molecule has 1 aromatic carbocycles. The van der Waals surface area contributed by atoms with Gasteiger partial charge in [-0.15, -0.1) is 11.3 Å². The Morgan fingerprint density at radius 3 is 2.13 bits per heavy atom. The molecule has 1 aromatic heterocycles. The molecule has 2 aliphatic rings. The molecule has 8 heteroatoms. The zero-order valence-electron chi connectivity index (χ0n) is 17.2. The number of carbonyl (C=O) groups is 1. The first kappa shape index (κ1) is 22.3. The average molecular weight is 454 g/mol. The van der Waals surface area contributed by atoms with E-state index in [1.165, 1.54) is 35.6 Å². The molecule has 31 heavy (non-hydrogen) atoms. The van der Waals surface area contributed by atoms with Crippen LogP contribution in [0.15, 0.2) is 41.8 Å². The summed E-state index contributed by atoms with van der Waals surface area (Å²) < 4.78 is 39.2. The van der Waals surface area contributed by atoms with Gasteiger partial charge in [-0.05, 0) is 74.6 Å². The predicted octanol–water partition coefficient (Wildman–Crippen LogP) is 4.95. The number of thiophene rings is 1. The van der Waals surface area contributed by atoms with Crippen molar-refractivity contribution in [2.45, 2.75) is 74.9 Å². The lowest BCUT2D eigenvalue weighted by Gasteiger charge is -2.41. The van der Waals surface area contributed by atoms with Gasteiger partial charge >= 0.3 is 6.18 Å². The maximum atomic E-state index is 13.3. The number of hydrogen-bond donors (Lipinski definition) is 2. The van der Waals surface area contributed by atoms with Crippen molar-refractivity contribution in [3.63, 3.8) is 0 Å². The lowest BCUT2D eigenvalue weighted by Crippen LogP contribution is -2.46. The maximum absolute atomic E-state index is 13.3. The second-order valence-corrected chi connectivity index (χ2v) is 9.78. The third-order valence-corrected chi connectivity index (χ3v) is 7.64. The Hall–Kier alpha value is -1.90. The number of hydrogen-bond acceptors (Lipinski definition) is 4. The van der Waals surface area contributed by atoms with Gasteiger partial charge in [0.2, 0.25) is 0 Å². The zero-order valence-corrected chi connectivity index (χ0v) is 18.0. The highest BCUT2D eigenvalue weighted by Gasteiger charge is 2.51. The molecule has 0 unspecified atom stereocenters. The standard InChI is InChI=1S/C23H26F3NO3S/c1-21(29,23(24,25)26)16-6-4-15(5-7-16)20(28)27(17-8-9-17)18-10-12-22(30,13-11-18)19-3-2-14-31-19/h2-7,14,17-18,29-30H,8-13H2,1H3/t18-,21-,22+/m0/s1. The van der Waals surface area contributed by atoms with Crippen LogP contribution in [0.1, 0.15) is 66.2 Å². The quantitative estimate of drug-likeness (QED) is 0.673. The van der Waals surface area contributed by atoms with E-state index in [0.717, 1.165) is 17.7 Å². The molecule has 0 radical (unpaired) electrons. The van der Waals surface area contributed by atoms with E-state index in [1.54, 1.807) is 0 Å². The fourth-order valence-corrected chi connectivity index (χ4v) is 5.26. The number of halogens is 3. The Kier molecular flexibility index (Phi) is 5.69. The Bertz CT molecular complexity index is 913. The normalized spacial score (nSPS) is 26.3. The predicted molar refractivity (Wildman–Crippen MR) is 112 cm³/mol.